The zero-order chi connectivity index (χ0) is 11.7. The Morgan fingerprint density at radius 3 is 2.69 bits per heavy atom. The van der Waals surface area contributed by atoms with Crippen molar-refractivity contribution in [3.8, 4) is 5.69 Å². The van der Waals surface area contributed by atoms with E-state index in [0.29, 0.717) is 5.69 Å². The summed E-state index contributed by atoms with van der Waals surface area (Å²) in [7, 11) is 0. The van der Waals surface area contributed by atoms with Gasteiger partial charge in [-0.05, 0) is 24.6 Å². The molecule has 0 aliphatic rings. The number of benzene rings is 1. The summed E-state index contributed by atoms with van der Waals surface area (Å²) in [6, 6.07) is 7.46. The molecule has 0 radical (unpaired) electrons. The first-order valence-corrected chi connectivity index (χ1v) is 4.82. The normalized spacial score (nSPS) is 10.4. The number of halogens is 1. The molecule has 0 saturated carbocycles. The van der Waals surface area contributed by atoms with Crippen molar-refractivity contribution < 1.29 is 4.39 Å². The molecule has 0 aliphatic heterocycles. The lowest BCUT2D eigenvalue weighted by Gasteiger charge is -2.07. The largest absolute Gasteiger partial charge is 0.396 e. The van der Waals surface area contributed by atoms with Crippen molar-refractivity contribution in [1.82, 2.24) is 4.57 Å². The monoisotopic (exact) mass is 218 g/mol. The Kier molecular flexibility index (Phi) is 2.48. The van der Waals surface area contributed by atoms with Crippen LogP contribution in [-0.4, -0.2) is 4.57 Å². The van der Waals surface area contributed by atoms with Crippen LogP contribution in [0, 0.1) is 12.7 Å². The number of pyridine rings is 1. The molecule has 1 heterocycles. The van der Waals surface area contributed by atoms with Gasteiger partial charge in [-0.3, -0.25) is 9.36 Å². The van der Waals surface area contributed by atoms with Crippen LogP contribution in [0.5, 0.6) is 0 Å². The second-order valence-corrected chi connectivity index (χ2v) is 3.62. The molecule has 2 rings (SSSR count). The molecular formula is C12H11FN2O. The second-order valence-electron chi connectivity index (χ2n) is 3.62. The minimum Gasteiger partial charge on any atom is -0.396 e. The molecule has 0 fully saturated rings. The highest BCUT2D eigenvalue weighted by molar-refractivity contribution is 5.46. The molecule has 4 heteroatoms. The predicted octanol–water partition coefficient (Wildman–Crippen LogP) is 1.87. The number of hydrogen-bond acceptors (Lipinski definition) is 2. The Hall–Kier alpha value is -2.10. The number of nitrogens with zero attached hydrogens (tertiary/aromatic N) is 1. The number of nitrogen functional groups attached to an aromatic ring is 1. The summed E-state index contributed by atoms with van der Waals surface area (Å²) in [6.07, 6.45) is 1.66. The van der Waals surface area contributed by atoms with Gasteiger partial charge in [0.15, 0.2) is 0 Å². The molecule has 0 spiro atoms. The molecule has 1 aromatic heterocycles. The highest BCUT2D eigenvalue weighted by Crippen LogP contribution is 2.14. The molecule has 82 valence electrons. The Morgan fingerprint density at radius 2 is 2.00 bits per heavy atom. The third-order valence-corrected chi connectivity index (χ3v) is 2.32. The molecule has 2 N–H and O–H groups in total. The van der Waals surface area contributed by atoms with E-state index in [4.69, 9.17) is 5.73 Å². The van der Waals surface area contributed by atoms with E-state index in [1.807, 2.05) is 6.92 Å². The summed E-state index contributed by atoms with van der Waals surface area (Å²) in [4.78, 5) is 11.6. The summed E-state index contributed by atoms with van der Waals surface area (Å²) in [5, 5.41) is 0. The number of nitrogens with two attached hydrogens (primary N) is 1. The zero-order valence-corrected chi connectivity index (χ0v) is 8.77. The van der Waals surface area contributed by atoms with E-state index in [9.17, 15) is 9.18 Å². The highest BCUT2D eigenvalue weighted by Gasteiger charge is 2.03. The summed E-state index contributed by atoms with van der Waals surface area (Å²) in [5.74, 6) is -0.522. The maximum atomic E-state index is 13.3. The van der Waals surface area contributed by atoms with Crippen molar-refractivity contribution in [2.45, 2.75) is 6.92 Å². The SMILES string of the molecule is Cc1ccc(=O)n(-c2ccc(N)c(F)c2)c1. The fraction of sp³-hybridized carbons (Fsp3) is 0.0833. The molecule has 1 aromatic carbocycles. The zero-order valence-electron chi connectivity index (χ0n) is 8.77. The van der Waals surface area contributed by atoms with E-state index in [0.717, 1.165) is 5.56 Å². The van der Waals surface area contributed by atoms with Crippen molar-refractivity contribution >= 4 is 5.69 Å². The Bertz CT molecular complexity index is 590. The quantitative estimate of drug-likeness (QED) is 0.743. The van der Waals surface area contributed by atoms with Crippen LogP contribution in [-0.2, 0) is 0 Å². The van der Waals surface area contributed by atoms with Crippen molar-refractivity contribution in [3.05, 3.63) is 58.3 Å². The van der Waals surface area contributed by atoms with Crippen LogP contribution in [0.2, 0.25) is 0 Å². The van der Waals surface area contributed by atoms with E-state index in [-0.39, 0.29) is 11.2 Å². The molecule has 3 nitrogen and oxygen atoms in total. The minimum atomic E-state index is -0.522. The molecular weight excluding hydrogens is 207 g/mol. The van der Waals surface area contributed by atoms with E-state index < -0.39 is 5.82 Å². The standard InChI is InChI=1S/C12H11FN2O/c1-8-2-5-12(16)15(7-8)9-3-4-11(14)10(13)6-9/h2-7H,14H2,1H3. The molecule has 0 amide bonds. The van der Waals surface area contributed by atoms with Crippen molar-refractivity contribution in [2.24, 2.45) is 0 Å². The molecule has 0 saturated heterocycles. The molecule has 0 unspecified atom stereocenters. The highest BCUT2D eigenvalue weighted by atomic mass is 19.1. The van der Waals surface area contributed by atoms with Gasteiger partial charge in [0, 0.05) is 18.3 Å². The summed E-state index contributed by atoms with van der Waals surface area (Å²) in [5.41, 5.74) is 6.65. The van der Waals surface area contributed by atoms with Gasteiger partial charge in [-0.25, -0.2) is 4.39 Å². The van der Waals surface area contributed by atoms with Gasteiger partial charge in [0.1, 0.15) is 5.82 Å². The van der Waals surface area contributed by atoms with Gasteiger partial charge < -0.3 is 5.73 Å². The van der Waals surface area contributed by atoms with Crippen LogP contribution in [0.15, 0.2) is 41.3 Å². The van der Waals surface area contributed by atoms with Gasteiger partial charge in [0.25, 0.3) is 5.56 Å². The first-order valence-electron chi connectivity index (χ1n) is 4.82. The van der Waals surface area contributed by atoms with Crippen molar-refractivity contribution in [2.75, 3.05) is 5.73 Å². The van der Waals surface area contributed by atoms with Gasteiger partial charge >= 0.3 is 0 Å². The van der Waals surface area contributed by atoms with Crippen LogP contribution in [0.25, 0.3) is 5.69 Å². The Morgan fingerprint density at radius 1 is 1.25 bits per heavy atom. The van der Waals surface area contributed by atoms with Crippen LogP contribution < -0.4 is 11.3 Å². The van der Waals surface area contributed by atoms with Crippen LogP contribution >= 0.6 is 0 Å². The fourth-order valence-electron chi connectivity index (χ4n) is 1.46. The lowest BCUT2D eigenvalue weighted by Crippen LogP contribution is -2.16. The summed E-state index contributed by atoms with van der Waals surface area (Å²) >= 11 is 0. The molecule has 0 bridgehead atoms. The number of anilines is 1. The second kappa shape index (κ2) is 3.81. The summed E-state index contributed by atoms with van der Waals surface area (Å²) in [6.45, 7) is 1.86. The van der Waals surface area contributed by atoms with Crippen LogP contribution in [0.3, 0.4) is 0 Å². The van der Waals surface area contributed by atoms with Crippen molar-refractivity contribution in [3.63, 3.8) is 0 Å². The van der Waals surface area contributed by atoms with Crippen molar-refractivity contribution in [1.29, 1.82) is 0 Å². The summed E-state index contributed by atoms with van der Waals surface area (Å²) < 4.78 is 14.6. The minimum absolute atomic E-state index is 0.0736. The van der Waals surface area contributed by atoms with Gasteiger partial charge in [0.05, 0.1) is 11.4 Å². The smallest absolute Gasteiger partial charge is 0.255 e. The van der Waals surface area contributed by atoms with E-state index in [1.165, 1.54) is 22.8 Å². The molecule has 0 aliphatic carbocycles. The third-order valence-electron chi connectivity index (χ3n) is 2.32. The maximum Gasteiger partial charge on any atom is 0.255 e. The van der Waals surface area contributed by atoms with E-state index in [2.05, 4.69) is 0 Å². The first-order chi connectivity index (χ1) is 7.58. The van der Waals surface area contributed by atoms with E-state index in [1.54, 1.807) is 18.3 Å². The van der Waals surface area contributed by atoms with Gasteiger partial charge in [0.2, 0.25) is 0 Å². The number of hydrogen-bond donors (Lipinski definition) is 1. The predicted molar refractivity (Wildman–Crippen MR) is 61.1 cm³/mol. The van der Waals surface area contributed by atoms with E-state index >= 15 is 0 Å². The van der Waals surface area contributed by atoms with Crippen LogP contribution in [0.4, 0.5) is 10.1 Å². The fourth-order valence-corrected chi connectivity index (χ4v) is 1.46. The number of rotatable bonds is 1. The third kappa shape index (κ3) is 1.82. The Balaban J connectivity index is 2.63. The molecule has 2 aromatic rings. The average Bonchev–Trinajstić information content (AvgIpc) is 2.26. The number of aryl methyl sites for hydroxylation is 1. The number of aromatic nitrogens is 1. The van der Waals surface area contributed by atoms with Gasteiger partial charge in [-0.1, -0.05) is 6.07 Å². The van der Waals surface area contributed by atoms with Gasteiger partial charge in [-0.15, -0.1) is 0 Å². The first kappa shape index (κ1) is 10.4. The van der Waals surface area contributed by atoms with Crippen LogP contribution in [0.1, 0.15) is 5.56 Å². The lowest BCUT2D eigenvalue weighted by molar-refractivity contribution is 0.631. The average molecular weight is 218 g/mol. The molecule has 0 atom stereocenters. The van der Waals surface area contributed by atoms with Gasteiger partial charge in [-0.2, -0.15) is 0 Å². The topological polar surface area (TPSA) is 48.0 Å². The maximum absolute atomic E-state index is 13.3. The Labute approximate surface area is 92.0 Å². The molecule has 16 heavy (non-hydrogen) atoms. The lowest BCUT2D eigenvalue weighted by atomic mass is 10.2.